The van der Waals surface area contributed by atoms with Crippen LogP contribution in [0.2, 0.25) is 5.15 Å². The molecule has 0 aromatic carbocycles. The van der Waals surface area contributed by atoms with Gasteiger partial charge < -0.3 is 0 Å². The van der Waals surface area contributed by atoms with Crippen molar-refractivity contribution in [3.63, 3.8) is 0 Å². The average molecular weight is 333 g/mol. The van der Waals surface area contributed by atoms with E-state index in [1.165, 1.54) is 5.56 Å². The van der Waals surface area contributed by atoms with Crippen LogP contribution in [0.4, 0.5) is 0 Å². The third-order valence-electron chi connectivity index (χ3n) is 2.18. The van der Waals surface area contributed by atoms with E-state index in [9.17, 15) is 0 Å². The van der Waals surface area contributed by atoms with Gasteiger partial charge in [0, 0.05) is 13.1 Å². The Balaban J connectivity index is 1.93. The first kappa shape index (κ1) is 13.0. The fourth-order valence-electron chi connectivity index (χ4n) is 1.49. The smallest absolute Gasteiger partial charge is 0.147 e. The average Bonchev–Trinajstić information content (AvgIpc) is 2.67. The van der Waals surface area contributed by atoms with Crippen LogP contribution in [0.3, 0.4) is 0 Å². The van der Waals surface area contributed by atoms with Crippen LogP contribution in [0.25, 0.3) is 0 Å². The molecule has 2 aromatic heterocycles. The van der Waals surface area contributed by atoms with Gasteiger partial charge in [0.25, 0.3) is 0 Å². The van der Waals surface area contributed by atoms with Crippen molar-refractivity contribution < 1.29 is 0 Å². The van der Waals surface area contributed by atoms with E-state index in [1.807, 2.05) is 0 Å². The minimum absolute atomic E-state index is 0.429. The molecule has 0 saturated carbocycles. The van der Waals surface area contributed by atoms with Gasteiger partial charge in [-0.05, 0) is 40.0 Å². The molecule has 17 heavy (non-hydrogen) atoms. The maximum Gasteiger partial charge on any atom is 0.147 e. The molecule has 90 valence electrons. The Morgan fingerprint density at radius 1 is 1.35 bits per heavy atom. The van der Waals surface area contributed by atoms with E-state index >= 15 is 0 Å². The molecule has 0 bridgehead atoms. The van der Waals surface area contributed by atoms with E-state index in [4.69, 9.17) is 11.6 Å². The highest BCUT2D eigenvalue weighted by atomic mass is 79.9. The maximum atomic E-state index is 5.69. The zero-order chi connectivity index (χ0) is 12.3. The summed E-state index contributed by atoms with van der Waals surface area (Å²) < 4.78 is 1.16. The molecule has 0 saturated heterocycles. The highest BCUT2D eigenvalue weighted by Gasteiger charge is 2.05. The molecule has 6 heteroatoms. The van der Waals surface area contributed by atoms with Crippen molar-refractivity contribution in [3.8, 4) is 0 Å². The van der Waals surface area contributed by atoms with Gasteiger partial charge in [-0.15, -0.1) is 11.3 Å². The highest BCUT2D eigenvalue weighted by molar-refractivity contribution is 9.11. The lowest BCUT2D eigenvalue weighted by molar-refractivity contribution is 0.315. The molecule has 3 nitrogen and oxygen atoms in total. The Labute approximate surface area is 118 Å². The molecule has 0 N–H and O–H groups in total. The van der Waals surface area contributed by atoms with Crippen LogP contribution in [-0.2, 0) is 13.1 Å². The summed E-state index contributed by atoms with van der Waals surface area (Å²) >= 11 is 10.8. The molecule has 0 fully saturated rings. The third kappa shape index (κ3) is 4.03. The first-order valence-electron chi connectivity index (χ1n) is 5.01. The predicted molar refractivity (Wildman–Crippen MR) is 74.2 cm³/mol. The van der Waals surface area contributed by atoms with E-state index in [0.717, 1.165) is 22.6 Å². The van der Waals surface area contributed by atoms with Crippen LogP contribution in [0.5, 0.6) is 0 Å². The number of hydrogen-bond acceptors (Lipinski definition) is 4. The molecule has 0 unspecified atom stereocenters. The lowest BCUT2D eigenvalue weighted by atomic mass is 10.3. The monoisotopic (exact) mass is 331 g/mol. The first-order chi connectivity index (χ1) is 8.13. The van der Waals surface area contributed by atoms with Gasteiger partial charge in [-0.25, -0.2) is 4.98 Å². The van der Waals surface area contributed by atoms with Crippen LogP contribution < -0.4 is 0 Å². The van der Waals surface area contributed by atoms with Crippen molar-refractivity contribution >= 4 is 38.9 Å². The number of hydrogen-bond donors (Lipinski definition) is 0. The van der Waals surface area contributed by atoms with Crippen LogP contribution in [-0.4, -0.2) is 21.9 Å². The van der Waals surface area contributed by atoms with E-state index in [1.54, 1.807) is 23.7 Å². The van der Waals surface area contributed by atoms with Crippen LogP contribution in [0.15, 0.2) is 27.6 Å². The molecule has 0 aliphatic rings. The van der Waals surface area contributed by atoms with Crippen molar-refractivity contribution in [1.82, 2.24) is 14.9 Å². The number of aromatic nitrogens is 2. The van der Waals surface area contributed by atoms with Gasteiger partial charge in [0.1, 0.15) is 5.15 Å². The summed E-state index contributed by atoms with van der Waals surface area (Å²) in [6, 6.07) is 2.13. The van der Waals surface area contributed by atoms with Gasteiger partial charge in [0.05, 0.1) is 21.9 Å². The largest absolute Gasteiger partial charge is 0.296 e. The fraction of sp³-hybridized carbons (Fsp3) is 0.273. The van der Waals surface area contributed by atoms with Crippen LogP contribution >= 0.6 is 38.9 Å². The van der Waals surface area contributed by atoms with Crippen molar-refractivity contribution in [2.24, 2.45) is 0 Å². The van der Waals surface area contributed by atoms with Crippen molar-refractivity contribution in [2.45, 2.75) is 13.1 Å². The molecule has 0 amide bonds. The first-order valence-corrected chi connectivity index (χ1v) is 7.06. The van der Waals surface area contributed by atoms with Crippen LogP contribution in [0, 0.1) is 0 Å². The second kappa shape index (κ2) is 5.91. The lowest BCUT2D eigenvalue weighted by Crippen LogP contribution is -2.17. The van der Waals surface area contributed by atoms with Crippen molar-refractivity contribution in [1.29, 1.82) is 0 Å². The normalized spacial score (nSPS) is 11.1. The molecule has 0 aliphatic carbocycles. The minimum atomic E-state index is 0.429. The summed E-state index contributed by atoms with van der Waals surface area (Å²) in [7, 11) is 2.06. The minimum Gasteiger partial charge on any atom is -0.296 e. The number of halogens is 2. The van der Waals surface area contributed by atoms with Gasteiger partial charge in [-0.1, -0.05) is 11.6 Å². The lowest BCUT2D eigenvalue weighted by Gasteiger charge is -2.14. The number of nitrogens with zero attached hydrogens (tertiary/aromatic N) is 3. The fourth-order valence-corrected chi connectivity index (χ4v) is 2.79. The Kier molecular flexibility index (Phi) is 4.50. The quantitative estimate of drug-likeness (QED) is 0.857. The Hall–Kier alpha value is -0.490. The summed E-state index contributed by atoms with van der Waals surface area (Å²) in [6.07, 6.45) is 3.29. The summed E-state index contributed by atoms with van der Waals surface area (Å²) in [6.45, 7) is 1.66. The molecular weight excluding hydrogens is 322 g/mol. The molecule has 2 rings (SSSR count). The number of rotatable bonds is 4. The van der Waals surface area contributed by atoms with Crippen LogP contribution in [0.1, 0.15) is 11.3 Å². The Morgan fingerprint density at radius 2 is 2.18 bits per heavy atom. The zero-order valence-corrected chi connectivity index (χ0v) is 12.4. The van der Waals surface area contributed by atoms with Gasteiger partial charge >= 0.3 is 0 Å². The topological polar surface area (TPSA) is 29.0 Å². The second-order valence-corrected chi connectivity index (χ2v) is 6.44. The molecule has 0 aliphatic heterocycles. The van der Waals surface area contributed by atoms with Gasteiger partial charge in [-0.2, -0.15) is 0 Å². The summed E-state index contributed by atoms with van der Waals surface area (Å²) in [5, 5.41) is 2.58. The predicted octanol–water partition coefficient (Wildman–Crippen LogP) is 3.59. The second-order valence-electron chi connectivity index (χ2n) is 3.76. The Morgan fingerprint density at radius 3 is 2.76 bits per heavy atom. The third-order valence-corrected chi connectivity index (χ3v) is 3.93. The summed E-state index contributed by atoms with van der Waals surface area (Å²) in [5.74, 6) is 0. The molecule has 0 radical (unpaired) electrons. The van der Waals surface area contributed by atoms with Gasteiger partial charge in [-0.3, -0.25) is 9.88 Å². The van der Waals surface area contributed by atoms with Crippen molar-refractivity contribution in [2.75, 3.05) is 7.05 Å². The van der Waals surface area contributed by atoms with Gasteiger partial charge in [0.2, 0.25) is 0 Å². The van der Waals surface area contributed by atoms with E-state index < -0.39 is 0 Å². The maximum absolute atomic E-state index is 5.69. The molecular formula is C11H11BrClN3S. The van der Waals surface area contributed by atoms with Crippen molar-refractivity contribution in [3.05, 3.63) is 44.0 Å². The summed E-state index contributed by atoms with van der Waals surface area (Å²) in [5.41, 5.74) is 2.22. The van der Waals surface area contributed by atoms with E-state index in [0.29, 0.717) is 5.15 Å². The molecule has 0 atom stereocenters. The highest BCUT2D eigenvalue weighted by Crippen LogP contribution is 2.21. The standard InChI is InChI=1S/C11H11BrClN3S/c1-16(5-8-2-10(12)17-7-8)6-9-3-15-11(13)4-14-9/h2-4,7H,5-6H2,1H3. The molecule has 0 spiro atoms. The van der Waals surface area contributed by atoms with E-state index in [2.05, 4.69) is 49.3 Å². The van der Waals surface area contributed by atoms with Gasteiger partial charge in [0.15, 0.2) is 0 Å². The summed E-state index contributed by atoms with van der Waals surface area (Å²) in [4.78, 5) is 10.4. The molecule has 2 heterocycles. The van der Waals surface area contributed by atoms with E-state index in [-0.39, 0.29) is 0 Å². The number of thiophene rings is 1. The zero-order valence-electron chi connectivity index (χ0n) is 9.23. The SMILES string of the molecule is CN(Cc1csc(Br)c1)Cc1cnc(Cl)cn1. The Bertz CT molecular complexity index is 486. The molecule has 2 aromatic rings.